The average Bonchev–Trinajstić information content (AvgIpc) is 2.23. The van der Waals surface area contributed by atoms with Crippen LogP contribution in [-0.2, 0) is 0 Å². The van der Waals surface area contributed by atoms with E-state index in [0.717, 1.165) is 6.92 Å². The summed E-state index contributed by atoms with van der Waals surface area (Å²) in [6.45, 7) is 5.79. The first kappa shape index (κ1) is 14.5. The molecule has 0 aromatic heterocycles. The Morgan fingerprint density at radius 1 is 1.31 bits per heavy atom. The second-order valence-electron chi connectivity index (χ2n) is 3.35. The van der Waals surface area contributed by atoms with Crippen molar-refractivity contribution >= 4 is 0 Å². The molecule has 0 fully saturated rings. The van der Waals surface area contributed by atoms with Gasteiger partial charge in [-0.1, -0.05) is 18.1 Å². The number of alkyl halides is 1. The molecule has 0 aliphatic carbocycles. The second-order valence-corrected chi connectivity index (χ2v) is 3.35. The quantitative estimate of drug-likeness (QED) is 0.293. The molecule has 4 heteroatoms. The van der Waals surface area contributed by atoms with E-state index >= 15 is 0 Å². The molecule has 0 aliphatic rings. The van der Waals surface area contributed by atoms with Crippen LogP contribution in [-0.4, -0.2) is 6.17 Å². The average molecular weight is 232 g/mol. The van der Waals surface area contributed by atoms with Crippen molar-refractivity contribution in [1.29, 1.82) is 0 Å². The zero-order valence-corrected chi connectivity index (χ0v) is 9.08. The first-order chi connectivity index (χ1) is 7.31. The molecule has 0 nitrogen and oxygen atoms in total. The van der Waals surface area contributed by atoms with Crippen LogP contribution in [0.5, 0.6) is 0 Å². The van der Waals surface area contributed by atoms with Gasteiger partial charge in [0.25, 0.3) is 0 Å². The maximum Gasteiger partial charge on any atom is 0.211 e. The molecule has 0 radical (unpaired) electrons. The number of hydrogen-bond donors (Lipinski definition) is 0. The van der Waals surface area contributed by atoms with Crippen molar-refractivity contribution in [3.05, 3.63) is 35.2 Å². The lowest BCUT2D eigenvalue weighted by molar-refractivity contribution is 0.384. The van der Waals surface area contributed by atoms with Crippen molar-refractivity contribution in [2.75, 3.05) is 0 Å². The third-order valence-corrected chi connectivity index (χ3v) is 1.75. The van der Waals surface area contributed by atoms with Gasteiger partial charge in [0.1, 0.15) is 5.83 Å². The lowest BCUT2D eigenvalue weighted by Crippen LogP contribution is -2.00. The van der Waals surface area contributed by atoms with Crippen LogP contribution in [0.3, 0.4) is 0 Å². The smallest absolute Gasteiger partial charge is 0.211 e. The minimum absolute atomic E-state index is 0.358. The molecule has 0 rings (SSSR count). The Bertz CT molecular complexity index is 382. The van der Waals surface area contributed by atoms with E-state index in [0.29, 0.717) is 5.57 Å². The summed E-state index contributed by atoms with van der Waals surface area (Å²) < 4.78 is 52.0. The maximum atomic E-state index is 13.2. The van der Waals surface area contributed by atoms with Gasteiger partial charge in [-0.25, -0.2) is 17.6 Å². The fraction of sp³-hybridized carbons (Fsp3) is 0.333. The third kappa shape index (κ3) is 3.93. The zero-order valence-electron chi connectivity index (χ0n) is 9.08. The Balaban J connectivity index is 5.20. The summed E-state index contributed by atoms with van der Waals surface area (Å²) in [5.74, 6) is -2.66. The molecule has 0 heterocycles. The number of rotatable bonds is 4. The SMILES string of the molecule is C#CC(F)/C(F)=C(C)\C(F)=C(\F)CC(=C)C. The van der Waals surface area contributed by atoms with Gasteiger partial charge in [-0.2, -0.15) is 0 Å². The summed E-state index contributed by atoms with van der Waals surface area (Å²) in [7, 11) is 0. The van der Waals surface area contributed by atoms with Gasteiger partial charge in [-0.05, 0) is 13.8 Å². The van der Waals surface area contributed by atoms with Gasteiger partial charge in [0, 0.05) is 12.0 Å². The highest BCUT2D eigenvalue weighted by atomic mass is 19.2. The summed E-state index contributed by atoms with van der Waals surface area (Å²) in [4.78, 5) is 0. The lowest BCUT2D eigenvalue weighted by Gasteiger charge is -2.04. The molecule has 16 heavy (non-hydrogen) atoms. The molecular weight excluding hydrogens is 220 g/mol. The van der Waals surface area contributed by atoms with Gasteiger partial charge in [0.15, 0.2) is 11.7 Å². The molecule has 0 spiro atoms. The fourth-order valence-corrected chi connectivity index (χ4v) is 0.914. The van der Waals surface area contributed by atoms with Crippen LogP contribution >= 0.6 is 0 Å². The maximum absolute atomic E-state index is 13.2. The van der Waals surface area contributed by atoms with Crippen molar-refractivity contribution in [2.45, 2.75) is 26.4 Å². The molecule has 0 saturated heterocycles. The van der Waals surface area contributed by atoms with Crippen LogP contribution in [0.2, 0.25) is 0 Å². The molecule has 0 aromatic rings. The Labute approximate surface area is 92.3 Å². The topological polar surface area (TPSA) is 0 Å². The standard InChI is InChI=1S/C12H12F4/c1-5-9(13)11(15)8(4)12(16)10(14)6-7(2)3/h1,9H,2,6H2,3-4H3/b11-8+,12-10-. The minimum atomic E-state index is -2.36. The Morgan fingerprint density at radius 2 is 1.81 bits per heavy atom. The highest BCUT2D eigenvalue weighted by Crippen LogP contribution is 2.26. The van der Waals surface area contributed by atoms with Crippen LogP contribution in [0.1, 0.15) is 20.3 Å². The second kappa shape index (κ2) is 6.16. The van der Waals surface area contributed by atoms with E-state index in [9.17, 15) is 17.6 Å². The van der Waals surface area contributed by atoms with Crippen LogP contribution < -0.4 is 0 Å². The fourth-order valence-electron chi connectivity index (χ4n) is 0.914. The van der Waals surface area contributed by atoms with Crippen LogP contribution in [0.25, 0.3) is 0 Å². The monoisotopic (exact) mass is 232 g/mol. The molecule has 88 valence electrons. The van der Waals surface area contributed by atoms with Gasteiger partial charge in [0.05, 0.1) is 0 Å². The van der Waals surface area contributed by atoms with Crippen LogP contribution in [0.4, 0.5) is 17.6 Å². The van der Waals surface area contributed by atoms with E-state index in [1.165, 1.54) is 12.8 Å². The largest absolute Gasteiger partial charge is 0.225 e. The Hall–Kier alpha value is -1.50. The Morgan fingerprint density at radius 3 is 2.19 bits per heavy atom. The van der Waals surface area contributed by atoms with Crippen molar-refractivity contribution < 1.29 is 17.6 Å². The number of allylic oxidation sites excluding steroid dienone is 5. The summed E-state index contributed by atoms with van der Waals surface area (Å²) >= 11 is 0. The summed E-state index contributed by atoms with van der Waals surface area (Å²) in [6.07, 6.45) is 1.91. The molecule has 0 saturated carbocycles. The minimum Gasteiger partial charge on any atom is -0.225 e. The van der Waals surface area contributed by atoms with Gasteiger partial charge >= 0.3 is 0 Å². The van der Waals surface area contributed by atoms with Crippen LogP contribution in [0, 0.1) is 12.3 Å². The molecule has 0 amide bonds. The first-order valence-corrected chi connectivity index (χ1v) is 4.46. The van der Waals surface area contributed by atoms with Gasteiger partial charge < -0.3 is 0 Å². The highest BCUT2D eigenvalue weighted by Gasteiger charge is 2.18. The van der Waals surface area contributed by atoms with E-state index in [-0.39, 0.29) is 6.42 Å². The van der Waals surface area contributed by atoms with Crippen LogP contribution in [0.15, 0.2) is 35.2 Å². The van der Waals surface area contributed by atoms with Crippen molar-refractivity contribution in [1.82, 2.24) is 0 Å². The molecule has 0 aliphatic heterocycles. The predicted octanol–water partition coefficient (Wildman–Crippen LogP) is 4.32. The van der Waals surface area contributed by atoms with Crippen molar-refractivity contribution in [3.63, 3.8) is 0 Å². The van der Waals surface area contributed by atoms with Gasteiger partial charge in [-0.3, -0.25) is 0 Å². The van der Waals surface area contributed by atoms with E-state index in [4.69, 9.17) is 0 Å². The summed E-state index contributed by atoms with van der Waals surface area (Å²) in [5, 5.41) is 0. The van der Waals surface area contributed by atoms with Crippen molar-refractivity contribution in [3.8, 4) is 12.3 Å². The summed E-state index contributed by atoms with van der Waals surface area (Å²) in [6, 6.07) is 0. The number of halogens is 4. The van der Waals surface area contributed by atoms with E-state index < -0.39 is 29.2 Å². The molecular formula is C12H12F4. The normalized spacial score (nSPS) is 15.8. The highest BCUT2D eigenvalue weighted by molar-refractivity contribution is 5.33. The molecule has 0 aromatic carbocycles. The van der Waals surface area contributed by atoms with E-state index in [1.807, 2.05) is 0 Å². The van der Waals surface area contributed by atoms with Gasteiger partial charge in [-0.15, -0.1) is 6.42 Å². The van der Waals surface area contributed by atoms with E-state index in [1.54, 1.807) is 0 Å². The number of terminal acetylenes is 1. The zero-order chi connectivity index (χ0) is 12.9. The number of hydrogen-bond acceptors (Lipinski definition) is 0. The first-order valence-electron chi connectivity index (χ1n) is 4.46. The van der Waals surface area contributed by atoms with Gasteiger partial charge in [0.2, 0.25) is 6.17 Å². The predicted molar refractivity (Wildman–Crippen MR) is 56.2 cm³/mol. The summed E-state index contributed by atoms with van der Waals surface area (Å²) in [5.41, 5.74) is -0.390. The molecule has 0 bridgehead atoms. The molecule has 1 atom stereocenters. The molecule has 0 N–H and O–H groups in total. The lowest BCUT2D eigenvalue weighted by atomic mass is 10.1. The Kier molecular flexibility index (Phi) is 5.59. The van der Waals surface area contributed by atoms with Crippen molar-refractivity contribution in [2.24, 2.45) is 0 Å². The molecule has 1 unspecified atom stereocenters. The third-order valence-electron chi connectivity index (χ3n) is 1.75. The van der Waals surface area contributed by atoms with E-state index in [2.05, 4.69) is 13.0 Å².